The van der Waals surface area contributed by atoms with Crippen LogP contribution in [-0.4, -0.2) is 31.9 Å². The zero-order valence-corrected chi connectivity index (χ0v) is 16.9. The molecule has 0 amide bonds. The normalized spacial score (nSPS) is 11.4. The monoisotopic (exact) mass is 437 g/mol. The molecule has 3 aromatic rings. The third-order valence-corrected chi connectivity index (χ3v) is 5.75. The summed E-state index contributed by atoms with van der Waals surface area (Å²) >= 11 is 5.89. The summed E-state index contributed by atoms with van der Waals surface area (Å²) in [4.78, 5) is 11.9. The van der Waals surface area contributed by atoms with Gasteiger partial charge in [0.1, 0.15) is 16.5 Å². The largest absolute Gasteiger partial charge is 0.495 e. The van der Waals surface area contributed by atoms with E-state index in [1.54, 1.807) is 12.1 Å². The number of nitrogens with one attached hydrogen (secondary N) is 1. The van der Waals surface area contributed by atoms with Crippen molar-refractivity contribution in [1.82, 2.24) is 14.5 Å². The molecule has 1 N–H and O–H groups in total. The van der Waals surface area contributed by atoms with Gasteiger partial charge in [-0.2, -0.15) is 5.10 Å². The van der Waals surface area contributed by atoms with Crippen molar-refractivity contribution in [3.63, 3.8) is 0 Å². The highest BCUT2D eigenvalue weighted by molar-refractivity contribution is 7.89. The number of hydrogen-bond donors (Lipinski definition) is 1. The zero-order chi connectivity index (χ0) is 21.0. The molecule has 7 nitrogen and oxygen atoms in total. The summed E-state index contributed by atoms with van der Waals surface area (Å²) in [6, 6.07) is 12.8. The maximum absolute atomic E-state index is 13.1. The van der Waals surface area contributed by atoms with E-state index in [0.717, 1.165) is 4.68 Å². The Bertz CT molecular complexity index is 1180. The second-order valence-corrected chi connectivity index (χ2v) is 8.15. The fourth-order valence-electron chi connectivity index (χ4n) is 2.61. The molecule has 29 heavy (non-hydrogen) atoms. The van der Waals surface area contributed by atoms with E-state index in [1.165, 1.54) is 49.6 Å². The molecule has 0 aliphatic rings. The summed E-state index contributed by atoms with van der Waals surface area (Å²) < 4.78 is 46.8. The summed E-state index contributed by atoms with van der Waals surface area (Å²) in [5, 5.41) is 4.46. The van der Waals surface area contributed by atoms with Crippen LogP contribution in [-0.2, 0) is 16.6 Å². The van der Waals surface area contributed by atoms with Crippen LogP contribution in [0.4, 0.5) is 4.39 Å². The number of methoxy groups -OCH3 is 1. The smallest absolute Gasteiger partial charge is 0.266 e. The molecule has 0 bridgehead atoms. The van der Waals surface area contributed by atoms with Crippen molar-refractivity contribution in [2.24, 2.45) is 0 Å². The Kier molecular flexibility index (Phi) is 6.31. The molecule has 1 aromatic heterocycles. The van der Waals surface area contributed by atoms with Gasteiger partial charge in [-0.25, -0.2) is 22.2 Å². The van der Waals surface area contributed by atoms with E-state index >= 15 is 0 Å². The first-order valence-corrected chi connectivity index (χ1v) is 10.3. The molecule has 0 spiro atoms. The lowest BCUT2D eigenvalue weighted by Gasteiger charge is -2.12. The first-order chi connectivity index (χ1) is 13.8. The van der Waals surface area contributed by atoms with Gasteiger partial charge in [0.2, 0.25) is 10.0 Å². The van der Waals surface area contributed by atoms with Gasteiger partial charge in [-0.05, 0) is 48.5 Å². The lowest BCUT2D eigenvalue weighted by Crippen LogP contribution is -2.32. The standard InChI is InChI=1S/C19H17ClFN3O4S/c1-28-17-8-4-14(20)12-18(17)29(26,27)22-10-11-24-19(25)9-7-16(23-24)13-2-5-15(21)6-3-13/h2-9,12,22H,10-11H2,1H3. The van der Waals surface area contributed by atoms with E-state index in [9.17, 15) is 17.6 Å². The summed E-state index contributed by atoms with van der Waals surface area (Å²) in [5.74, 6) is -0.233. The molecular weight excluding hydrogens is 421 g/mol. The van der Waals surface area contributed by atoms with E-state index in [2.05, 4.69) is 9.82 Å². The minimum Gasteiger partial charge on any atom is -0.495 e. The van der Waals surface area contributed by atoms with Gasteiger partial charge in [0.05, 0.1) is 19.3 Å². The van der Waals surface area contributed by atoms with Gasteiger partial charge in [0.15, 0.2) is 0 Å². The SMILES string of the molecule is COc1ccc(Cl)cc1S(=O)(=O)NCCn1nc(-c2ccc(F)cc2)ccc1=O. The molecule has 152 valence electrons. The van der Waals surface area contributed by atoms with E-state index in [0.29, 0.717) is 11.3 Å². The maximum Gasteiger partial charge on any atom is 0.266 e. The second-order valence-electron chi connectivity index (χ2n) is 5.98. The number of halogens is 2. The van der Waals surface area contributed by atoms with Crippen molar-refractivity contribution < 1.29 is 17.5 Å². The minimum absolute atomic E-state index is 0.00399. The average molecular weight is 438 g/mol. The molecule has 0 saturated heterocycles. The van der Waals surface area contributed by atoms with Gasteiger partial charge in [-0.3, -0.25) is 4.79 Å². The molecular formula is C19H17ClFN3O4S. The first kappa shape index (κ1) is 21.0. The van der Waals surface area contributed by atoms with Crippen molar-refractivity contribution >= 4 is 21.6 Å². The molecule has 2 aromatic carbocycles. The van der Waals surface area contributed by atoms with Crippen molar-refractivity contribution in [3.8, 4) is 17.0 Å². The number of aromatic nitrogens is 2. The van der Waals surface area contributed by atoms with E-state index in [1.807, 2.05) is 0 Å². The predicted octanol–water partition coefficient (Wildman–Crippen LogP) is 2.69. The fraction of sp³-hybridized carbons (Fsp3) is 0.158. The summed E-state index contributed by atoms with van der Waals surface area (Å²) in [6.45, 7) is -0.0895. The van der Waals surface area contributed by atoms with Crippen LogP contribution >= 0.6 is 11.6 Å². The molecule has 0 atom stereocenters. The predicted molar refractivity (Wildman–Crippen MR) is 107 cm³/mol. The van der Waals surface area contributed by atoms with Crippen molar-refractivity contribution in [3.05, 3.63) is 75.8 Å². The molecule has 1 heterocycles. The van der Waals surface area contributed by atoms with E-state index in [4.69, 9.17) is 16.3 Å². The van der Waals surface area contributed by atoms with E-state index in [-0.39, 0.29) is 34.6 Å². The molecule has 0 fully saturated rings. The van der Waals surface area contributed by atoms with Crippen LogP contribution in [0.1, 0.15) is 0 Å². The summed E-state index contributed by atoms with van der Waals surface area (Å²) in [7, 11) is -2.57. The van der Waals surface area contributed by atoms with Crippen molar-refractivity contribution in [1.29, 1.82) is 0 Å². The fourth-order valence-corrected chi connectivity index (χ4v) is 4.06. The third kappa shape index (κ3) is 5.00. The highest BCUT2D eigenvalue weighted by atomic mass is 35.5. The Morgan fingerprint density at radius 1 is 1.14 bits per heavy atom. The number of nitrogens with zero attached hydrogens (tertiary/aromatic N) is 2. The van der Waals surface area contributed by atoms with Crippen LogP contribution < -0.4 is 15.0 Å². The van der Waals surface area contributed by atoms with Crippen LogP contribution in [0.15, 0.2) is 64.3 Å². The lowest BCUT2D eigenvalue weighted by molar-refractivity contribution is 0.402. The molecule has 0 saturated carbocycles. The number of rotatable bonds is 7. The highest BCUT2D eigenvalue weighted by Crippen LogP contribution is 2.26. The van der Waals surface area contributed by atoms with Gasteiger partial charge < -0.3 is 4.74 Å². The minimum atomic E-state index is -3.92. The second kappa shape index (κ2) is 8.73. The Morgan fingerprint density at radius 2 is 1.86 bits per heavy atom. The number of ether oxygens (including phenoxy) is 1. The van der Waals surface area contributed by atoms with Gasteiger partial charge >= 0.3 is 0 Å². The summed E-state index contributed by atoms with van der Waals surface area (Å²) in [6.07, 6.45) is 0. The van der Waals surface area contributed by atoms with Crippen molar-refractivity contribution in [2.45, 2.75) is 11.4 Å². The topological polar surface area (TPSA) is 90.3 Å². The number of benzene rings is 2. The van der Waals surface area contributed by atoms with Crippen LogP contribution in [0.2, 0.25) is 5.02 Å². The molecule has 0 radical (unpaired) electrons. The Labute approximate surface area is 171 Å². The highest BCUT2D eigenvalue weighted by Gasteiger charge is 2.19. The van der Waals surface area contributed by atoms with Crippen molar-refractivity contribution in [2.75, 3.05) is 13.7 Å². The maximum atomic E-state index is 13.1. The average Bonchev–Trinajstić information content (AvgIpc) is 2.70. The van der Waals surface area contributed by atoms with Gasteiger partial charge in [0, 0.05) is 23.2 Å². The molecule has 3 rings (SSSR count). The first-order valence-electron chi connectivity index (χ1n) is 8.47. The lowest BCUT2D eigenvalue weighted by atomic mass is 10.1. The molecule has 10 heteroatoms. The van der Waals surface area contributed by atoms with Gasteiger partial charge in [-0.1, -0.05) is 11.6 Å². The van der Waals surface area contributed by atoms with Gasteiger partial charge in [0.25, 0.3) is 5.56 Å². The molecule has 0 aliphatic carbocycles. The molecule has 0 unspecified atom stereocenters. The van der Waals surface area contributed by atoms with Crippen LogP contribution in [0.5, 0.6) is 5.75 Å². The van der Waals surface area contributed by atoms with E-state index < -0.39 is 15.6 Å². The number of hydrogen-bond acceptors (Lipinski definition) is 5. The number of sulfonamides is 1. The molecule has 0 aliphatic heterocycles. The third-order valence-electron chi connectivity index (χ3n) is 4.04. The quantitative estimate of drug-likeness (QED) is 0.613. The van der Waals surface area contributed by atoms with Gasteiger partial charge in [-0.15, -0.1) is 0 Å². The van der Waals surface area contributed by atoms with Crippen LogP contribution in [0, 0.1) is 5.82 Å². The Morgan fingerprint density at radius 3 is 2.55 bits per heavy atom. The zero-order valence-electron chi connectivity index (χ0n) is 15.3. The Hall–Kier alpha value is -2.75. The summed E-state index contributed by atoms with van der Waals surface area (Å²) in [5.41, 5.74) is 0.698. The Balaban J connectivity index is 1.76. The van der Waals surface area contributed by atoms with Crippen LogP contribution in [0.3, 0.4) is 0 Å². The van der Waals surface area contributed by atoms with Crippen LogP contribution in [0.25, 0.3) is 11.3 Å².